The molecule has 2 aromatic rings. The largest absolute Gasteiger partial charge is 0.379 e. The number of anilines is 1. The van der Waals surface area contributed by atoms with Gasteiger partial charge in [-0.15, -0.1) is 11.3 Å². The van der Waals surface area contributed by atoms with Crippen molar-refractivity contribution in [2.45, 2.75) is 19.9 Å². The highest BCUT2D eigenvalue weighted by molar-refractivity contribution is 7.09. The van der Waals surface area contributed by atoms with Gasteiger partial charge in [0.15, 0.2) is 0 Å². The van der Waals surface area contributed by atoms with Crippen LogP contribution in [-0.4, -0.2) is 4.98 Å². The van der Waals surface area contributed by atoms with Gasteiger partial charge in [0.25, 0.3) is 0 Å². The summed E-state index contributed by atoms with van der Waals surface area (Å²) in [5, 5.41) is 7.35. The van der Waals surface area contributed by atoms with E-state index in [1.165, 1.54) is 5.01 Å². The van der Waals surface area contributed by atoms with E-state index in [1.807, 2.05) is 24.3 Å². The highest BCUT2D eigenvalue weighted by atomic mass is 35.5. The Morgan fingerprint density at radius 2 is 2.06 bits per heavy atom. The van der Waals surface area contributed by atoms with E-state index in [0.717, 1.165) is 29.4 Å². The lowest BCUT2D eigenvalue weighted by molar-refractivity contribution is 1.01. The monoisotopic (exact) mass is 252 g/mol. The Balaban J connectivity index is 1.94. The van der Waals surface area contributed by atoms with Crippen LogP contribution in [0.3, 0.4) is 0 Å². The molecule has 0 spiro atoms. The molecule has 1 heterocycles. The molecule has 0 radical (unpaired) electrons. The Labute approximate surface area is 104 Å². The number of aryl methyl sites for hydroxylation is 1. The third-order valence-corrected chi connectivity index (χ3v) is 3.51. The maximum Gasteiger partial charge on any atom is 0.0926 e. The summed E-state index contributed by atoms with van der Waals surface area (Å²) in [4.78, 5) is 4.49. The fourth-order valence-electron chi connectivity index (χ4n) is 1.35. The lowest BCUT2D eigenvalue weighted by atomic mass is 10.3. The molecule has 0 saturated carbocycles. The molecule has 2 nitrogen and oxygen atoms in total. The van der Waals surface area contributed by atoms with Crippen molar-refractivity contribution in [2.75, 3.05) is 5.32 Å². The van der Waals surface area contributed by atoms with Crippen molar-refractivity contribution in [1.82, 2.24) is 4.98 Å². The summed E-state index contributed by atoms with van der Waals surface area (Å²) in [6.07, 6.45) is 1.01. The molecule has 0 unspecified atom stereocenters. The van der Waals surface area contributed by atoms with Crippen LogP contribution < -0.4 is 5.32 Å². The van der Waals surface area contributed by atoms with E-state index in [2.05, 4.69) is 22.6 Å². The van der Waals surface area contributed by atoms with Crippen LogP contribution in [0.25, 0.3) is 0 Å². The van der Waals surface area contributed by atoms with Crippen LogP contribution >= 0.6 is 22.9 Å². The van der Waals surface area contributed by atoms with E-state index in [-0.39, 0.29) is 0 Å². The molecule has 1 aromatic heterocycles. The molecule has 0 aliphatic rings. The summed E-state index contributed by atoms with van der Waals surface area (Å²) in [6.45, 7) is 2.88. The van der Waals surface area contributed by atoms with E-state index in [4.69, 9.17) is 11.6 Å². The van der Waals surface area contributed by atoms with Gasteiger partial charge in [0.1, 0.15) is 0 Å². The van der Waals surface area contributed by atoms with Crippen LogP contribution in [0.15, 0.2) is 29.6 Å². The molecule has 2 rings (SSSR count). The van der Waals surface area contributed by atoms with E-state index in [9.17, 15) is 0 Å². The number of benzene rings is 1. The first-order valence-electron chi connectivity index (χ1n) is 5.20. The molecule has 0 fully saturated rings. The Kier molecular flexibility index (Phi) is 3.80. The molecule has 0 bridgehead atoms. The van der Waals surface area contributed by atoms with Gasteiger partial charge in [-0.25, -0.2) is 4.98 Å². The van der Waals surface area contributed by atoms with Gasteiger partial charge < -0.3 is 5.32 Å². The topological polar surface area (TPSA) is 24.9 Å². The predicted molar refractivity (Wildman–Crippen MR) is 70.3 cm³/mol. The van der Waals surface area contributed by atoms with Gasteiger partial charge in [0, 0.05) is 16.1 Å². The molecule has 0 saturated heterocycles. The molecule has 16 heavy (non-hydrogen) atoms. The number of thiazole rings is 1. The fraction of sp³-hybridized carbons (Fsp3) is 0.250. The molecule has 0 atom stereocenters. The van der Waals surface area contributed by atoms with Gasteiger partial charge in [-0.05, 0) is 30.7 Å². The van der Waals surface area contributed by atoms with Crippen molar-refractivity contribution in [1.29, 1.82) is 0 Å². The first-order chi connectivity index (χ1) is 7.78. The van der Waals surface area contributed by atoms with Gasteiger partial charge in [0.05, 0.1) is 17.2 Å². The third-order valence-electron chi connectivity index (χ3n) is 2.22. The molecular formula is C12H13ClN2S. The smallest absolute Gasteiger partial charge is 0.0926 e. The van der Waals surface area contributed by atoms with Gasteiger partial charge in [0.2, 0.25) is 0 Å². The second kappa shape index (κ2) is 5.32. The lowest BCUT2D eigenvalue weighted by Gasteiger charge is -2.03. The zero-order valence-corrected chi connectivity index (χ0v) is 10.6. The number of hydrogen-bond acceptors (Lipinski definition) is 3. The first kappa shape index (κ1) is 11.4. The molecule has 4 heteroatoms. The fourth-order valence-corrected chi connectivity index (χ4v) is 2.22. The Hall–Kier alpha value is -1.06. The maximum atomic E-state index is 5.81. The van der Waals surface area contributed by atoms with E-state index in [1.54, 1.807) is 11.3 Å². The average Bonchev–Trinajstić information content (AvgIpc) is 2.76. The zero-order chi connectivity index (χ0) is 11.4. The van der Waals surface area contributed by atoms with Crippen molar-refractivity contribution in [3.8, 4) is 0 Å². The van der Waals surface area contributed by atoms with Crippen molar-refractivity contribution >= 4 is 28.6 Å². The highest BCUT2D eigenvalue weighted by Crippen LogP contribution is 2.15. The summed E-state index contributed by atoms with van der Waals surface area (Å²) in [6, 6.07) is 7.69. The minimum Gasteiger partial charge on any atom is -0.379 e. The van der Waals surface area contributed by atoms with E-state index in [0.29, 0.717) is 0 Å². The minimum absolute atomic E-state index is 0.757. The number of rotatable bonds is 4. The summed E-state index contributed by atoms with van der Waals surface area (Å²) >= 11 is 7.53. The van der Waals surface area contributed by atoms with Crippen LogP contribution in [0.4, 0.5) is 5.69 Å². The van der Waals surface area contributed by atoms with Gasteiger partial charge in [-0.2, -0.15) is 0 Å². The SMILES string of the molecule is CCc1nc(CNc2ccc(Cl)cc2)cs1. The molecular weight excluding hydrogens is 240 g/mol. The number of nitrogens with zero attached hydrogens (tertiary/aromatic N) is 1. The average molecular weight is 253 g/mol. The van der Waals surface area contributed by atoms with Gasteiger partial charge in [-0.3, -0.25) is 0 Å². The van der Waals surface area contributed by atoms with Gasteiger partial charge in [-0.1, -0.05) is 18.5 Å². The zero-order valence-electron chi connectivity index (χ0n) is 9.03. The summed E-state index contributed by atoms with van der Waals surface area (Å²) in [7, 11) is 0. The Morgan fingerprint density at radius 3 is 2.69 bits per heavy atom. The van der Waals surface area contributed by atoms with E-state index >= 15 is 0 Å². The van der Waals surface area contributed by atoms with Crippen LogP contribution in [0.5, 0.6) is 0 Å². The van der Waals surface area contributed by atoms with Gasteiger partial charge >= 0.3 is 0 Å². The minimum atomic E-state index is 0.757. The molecule has 84 valence electrons. The van der Waals surface area contributed by atoms with E-state index < -0.39 is 0 Å². The second-order valence-electron chi connectivity index (χ2n) is 3.45. The Bertz CT molecular complexity index is 450. The van der Waals surface area contributed by atoms with Crippen molar-refractivity contribution < 1.29 is 0 Å². The summed E-state index contributed by atoms with van der Waals surface area (Å²) < 4.78 is 0. The molecule has 0 amide bonds. The number of halogens is 1. The lowest BCUT2D eigenvalue weighted by Crippen LogP contribution is -1.99. The summed E-state index contributed by atoms with van der Waals surface area (Å²) in [5.41, 5.74) is 2.16. The summed E-state index contributed by atoms with van der Waals surface area (Å²) in [5.74, 6) is 0. The van der Waals surface area contributed by atoms with Crippen molar-refractivity contribution in [3.05, 3.63) is 45.4 Å². The molecule has 0 aliphatic carbocycles. The van der Waals surface area contributed by atoms with Crippen LogP contribution in [0, 0.1) is 0 Å². The second-order valence-corrected chi connectivity index (χ2v) is 4.83. The first-order valence-corrected chi connectivity index (χ1v) is 6.46. The maximum absolute atomic E-state index is 5.81. The number of nitrogens with one attached hydrogen (secondary N) is 1. The van der Waals surface area contributed by atoms with Crippen LogP contribution in [0.2, 0.25) is 5.02 Å². The molecule has 1 N–H and O–H groups in total. The van der Waals surface area contributed by atoms with Crippen molar-refractivity contribution in [2.24, 2.45) is 0 Å². The quantitative estimate of drug-likeness (QED) is 0.891. The molecule has 0 aliphatic heterocycles. The van der Waals surface area contributed by atoms with Crippen LogP contribution in [0.1, 0.15) is 17.6 Å². The van der Waals surface area contributed by atoms with Crippen LogP contribution in [-0.2, 0) is 13.0 Å². The Morgan fingerprint density at radius 1 is 1.31 bits per heavy atom. The number of hydrogen-bond donors (Lipinski definition) is 1. The highest BCUT2D eigenvalue weighted by Gasteiger charge is 1.99. The standard InChI is InChI=1S/C12H13ClN2S/c1-2-12-15-11(8-16-12)7-14-10-5-3-9(13)4-6-10/h3-6,8,14H,2,7H2,1H3. The third kappa shape index (κ3) is 2.97. The normalized spacial score (nSPS) is 10.4. The predicted octanol–water partition coefficient (Wildman–Crippen LogP) is 3.97. The number of aromatic nitrogens is 1. The van der Waals surface area contributed by atoms with Crippen molar-refractivity contribution in [3.63, 3.8) is 0 Å². The molecule has 1 aromatic carbocycles.